The summed E-state index contributed by atoms with van der Waals surface area (Å²) in [4.78, 5) is 85.7. The summed E-state index contributed by atoms with van der Waals surface area (Å²) in [6.45, 7) is 6.44. The summed E-state index contributed by atoms with van der Waals surface area (Å²) in [5, 5.41) is 15.6. The number of hydrogen-bond donors (Lipinski definition) is 3. The molecular weight excluding hydrogens is 624 g/mol. The average molecular weight is 667 g/mol. The van der Waals surface area contributed by atoms with Gasteiger partial charge in [-0.05, 0) is 64.2 Å². The first-order valence-electron chi connectivity index (χ1n) is 16.4. The van der Waals surface area contributed by atoms with E-state index in [9.17, 15) is 33.9 Å². The lowest BCUT2D eigenvalue weighted by atomic mass is 9.92. The fourth-order valence-electron chi connectivity index (χ4n) is 5.92. The Hall–Kier alpha value is -4.95. The van der Waals surface area contributed by atoms with Crippen LogP contribution in [-0.2, 0) is 23.9 Å². The molecule has 0 unspecified atom stereocenters. The molecule has 1 aromatic heterocycles. The third kappa shape index (κ3) is 7.77. The molecule has 0 radical (unpaired) electrons. The number of aryl methyl sites for hydroxylation is 1. The first-order valence-corrected chi connectivity index (χ1v) is 16.4. The van der Waals surface area contributed by atoms with Crippen molar-refractivity contribution in [1.82, 2.24) is 30.3 Å². The highest BCUT2D eigenvalue weighted by Gasteiger charge is 2.41. The topological polar surface area (TPSA) is 188 Å². The van der Waals surface area contributed by atoms with E-state index in [4.69, 9.17) is 9.47 Å². The largest absolute Gasteiger partial charge is 0.481 e. The quantitative estimate of drug-likeness (QED) is 0.317. The van der Waals surface area contributed by atoms with Gasteiger partial charge in [0.05, 0.1) is 18.5 Å². The minimum Gasteiger partial charge on any atom is -0.481 e. The van der Waals surface area contributed by atoms with Gasteiger partial charge in [-0.1, -0.05) is 6.07 Å². The second-order valence-electron chi connectivity index (χ2n) is 12.4. The molecule has 2 aromatic rings. The van der Waals surface area contributed by atoms with E-state index in [0.29, 0.717) is 23.9 Å². The van der Waals surface area contributed by atoms with E-state index in [2.05, 4.69) is 15.6 Å². The SMILES string of the molecule is CCOC(=O)N1CCN(C(=O)[C@H](CC(=O)O)NC(=O)c2cc(O[C@@H](C)C(=O)N3CC[C@H]3C(=O)NC3CCC3)c3ccc(C)cc3n2)CC1. The number of ether oxygens (including phenoxy) is 2. The van der Waals surface area contributed by atoms with Gasteiger partial charge in [-0.25, -0.2) is 9.78 Å². The van der Waals surface area contributed by atoms with Crippen molar-refractivity contribution in [3.63, 3.8) is 0 Å². The number of nitrogens with zero attached hydrogens (tertiary/aromatic N) is 4. The molecule has 3 N–H and O–H groups in total. The number of rotatable bonds is 11. The van der Waals surface area contributed by atoms with Crippen LogP contribution in [0, 0.1) is 6.92 Å². The second-order valence-corrected chi connectivity index (χ2v) is 12.4. The second kappa shape index (κ2) is 14.9. The highest BCUT2D eigenvalue weighted by atomic mass is 16.6. The normalized spacial score (nSPS) is 19.0. The third-order valence-corrected chi connectivity index (χ3v) is 8.97. The third-order valence-electron chi connectivity index (χ3n) is 8.97. The van der Waals surface area contributed by atoms with Crippen molar-refractivity contribution in [3.8, 4) is 5.75 Å². The number of fused-ring (bicyclic) bond motifs is 1. The molecule has 15 heteroatoms. The van der Waals surface area contributed by atoms with Crippen molar-refractivity contribution >= 4 is 46.6 Å². The van der Waals surface area contributed by atoms with Gasteiger partial charge in [0.15, 0.2) is 6.10 Å². The summed E-state index contributed by atoms with van der Waals surface area (Å²) < 4.78 is 11.1. The number of carboxylic acid groups (broad SMARTS) is 1. The molecule has 0 bridgehead atoms. The van der Waals surface area contributed by atoms with Gasteiger partial charge in [0.1, 0.15) is 23.5 Å². The summed E-state index contributed by atoms with van der Waals surface area (Å²) in [7, 11) is 0. The highest BCUT2D eigenvalue weighted by Crippen LogP contribution is 2.29. The number of carboxylic acids is 1. The number of likely N-dealkylation sites (tertiary alicyclic amines) is 1. The van der Waals surface area contributed by atoms with Crippen LogP contribution in [0.25, 0.3) is 10.9 Å². The first-order chi connectivity index (χ1) is 22.9. The Balaban J connectivity index is 1.30. The lowest BCUT2D eigenvalue weighted by Gasteiger charge is -2.42. The van der Waals surface area contributed by atoms with Crippen LogP contribution in [0.15, 0.2) is 24.3 Å². The molecule has 1 aromatic carbocycles. The van der Waals surface area contributed by atoms with E-state index in [-0.39, 0.29) is 62.1 Å². The summed E-state index contributed by atoms with van der Waals surface area (Å²) in [6, 6.07) is 4.89. The van der Waals surface area contributed by atoms with Gasteiger partial charge in [-0.2, -0.15) is 0 Å². The molecule has 3 atom stereocenters. The molecule has 258 valence electrons. The van der Waals surface area contributed by atoms with Gasteiger partial charge in [0.25, 0.3) is 11.8 Å². The zero-order chi connectivity index (χ0) is 34.5. The van der Waals surface area contributed by atoms with E-state index in [1.165, 1.54) is 20.8 Å². The van der Waals surface area contributed by atoms with E-state index in [0.717, 1.165) is 24.8 Å². The molecule has 0 spiro atoms. The Kier molecular flexibility index (Phi) is 10.6. The number of pyridine rings is 1. The molecule has 15 nitrogen and oxygen atoms in total. The number of amides is 5. The summed E-state index contributed by atoms with van der Waals surface area (Å²) >= 11 is 0. The molecule has 5 rings (SSSR count). The molecule has 3 fully saturated rings. The minimum absolute atomic E-state index is 0.139. The monoisotopic (exact) mass is 666 g/mol. The van der Waals surface area contributed by atoms with E-state index in [1.807, 2.05) is 13.0 Å². The van der Waals surface area contributed by atoms with Crippen LogP contribution in [0.2, 0.25) is 0 Å². The predicted molar refractivity (Wildman–Crippen MR) is 171 cm³/mol. The molecule has 2 aliphatic heterocycles. The van der Waals surface area contributed by atoms with Crippen LogP contribution in [0.3, 0.4) is 0 Å². The number of hydrogen-bond acceptors (Lipinski definition) is 9. The van der Waals surface area contributed by atoms with Crippen LogP contribution < -0.4 is 15.4 Å². The maximum absolute atomic E-state index is 13.6. The highest BCUT2D eigenvalue weighted by molar-refractivity contribution is 6.00. The van der Waals surface area contributed by atoms with Crippen molar-refractivity contribution in [2.24, 2.45) is 0 Å². The number of nitrogens with one attached hydrogen (secondary N) is 2. The van der Waals surface area contributed by atoms with Crippen molar-refractivity contribution in [1.29, 1.82) is 0 Å². The van der Waals surface area contributed by atoms with Crippen LogP contribution in [-0.4, -0.2) is 124 Å². The fraction of sp³-hybridized carbons (Fsp3) is 0.545. The van der Waals surface area contributed by atoms with Crippen molar-refractivity contribution in [2.75, 3.05) is 39.3 Å². The lowest BCUT2D eigenvalue weighted by molar-refractivity contribution is -0.152. The van der Waals surface area contributed by atoms with Crippen molar-refractivity contribution < 1.29 is 43.3 Å². The Bertz CT molecular complexity index is 1590. The number of aliphatic carboxylic acids is 1. The molecule has 2 saturated heterocycles. The Morgan fingerprint density at radius 2 is 1.69 bits per heavy atom. The summed E-state index contributed by atoms with van der Waals surface area (Å²) in [6.07, 6.45) is 1.36. The van der Waals surface area contributed by atoms with Crippen molar-refractivity contribution in [2.45, 2.75) is 77.1 Å². The molecule has 1 aliphatic carbocycles. The molecule has 3 aliphatic rings. The minimum atomic E-state index is -1.40. The average Bonchev–Trinajstić information content (AvgIpc) is 3.01. The Morgan fingerprint density at radius 3 is 2.29 bits per heavy atom. The number of carbonyl (C=O) groups is 6. The Morgan fingerprint density at radius 1 is 0.979 bits per heavy atom. The van der Waals surface area contributed by atoms with Gasteiger partial charge in [-0.3, -0.25) is 24.0 Å². The fourth-order valence-corrected chi connectivity index (χ4v) is 5.92. The van der Waals surface area contributed by atoms with E-state index < -0.39 is 48.5 Å². The van der Waals surface area contributed by atoms with Crippen LogP contribution in [0.4, 0.5) is 4.79 Å². The van der Waals surface area contributed by atoms with Gasteiger partial charge in [0, 0.05) is 50.2 Å². The number of benzene rings is 1. The van der Waals surface area contributed by atoms with Gasteiger partial charge < -0.3 is 39.9 Å². The number of carbonyl (C=O) groups excluding carboxylic acids is 5. The number of piperazine rings is 1. The number of aromatic nitrogens is 1. The molecule has 48 heavy (non-hydrogen) atoms. The summed E-state index contributed by atoms with van der Waals surface area (Å²) in [5.41, 5.74) is 1.11. The standard InChI is InChI=1S/C33H42N6O9/c1-4-47-33(46)38-14-12-37(13-15-38)32(45)25(18-28(40)41)36-29(42)24-17-27(22-9-8-19(2)16-23(22)35-24)48-20(3)31(44)39-11-10-26(39)30(43)34-21-6-5-7-21/h8-9,16-17,20-21,25-26H,4-7,10-15,18H2,1-3H3,(H,34,43)(H,36,42)(H,40,41)/t20-,25-,26-/m0/s1. The summed E-state index contributed by atoms with van der Waals surface area (Å²) in [5.74, 6) is -3.04. The molecule has 3 heterocycles. The molecular formula is C33H42N6O9. The van der Waals surface area contributed by atoms with Crippen LogP contribution in [0.5, 0.6) is 5.75 Å². The van der Waals surface area contributed by atoms with E-state index in [1.54, 1.807) is 26.0 Å². The van der Waals surface area contributed by atoms with Crippen molar-refractivity contribution in [3.05, 3.63) is 35.5 Å². The van der Waals surface area contributed by atoms with E-state index >= 15 is 0 Å². The molecule has 5 amide bonds. The lowest BCUT2D eigenvalue weighted by Crippen LogP contribution is -2.62. The van der Waals surface area contributed by atoms with Crippen LogP contribution >= 0.6 is 0 Å². The first kappa shape index (κ1) is 34.4. The Labute approximate surface area is 277 Å². The maximum atomic E-state index is 13.6. The van der Waals surface area contributed by atoms with Gasteiger partial charge >= 0.3 is 12.1 Å². The molecule has 1 saturated carbocycles. The van der Waals surface area contributed by atoms with Crippen LogP contribution in [0.1, 0.15) is 62.0 Å². The van der Waals surface area contributed by atoms with Gasteiger partial charge in [-0.15, -0.1) is 0 Å². The smallest absolute Gasteiger partial charge is 0.409 e. The van der Waals surface area contributed by atoms with Gasteiger partial charge in [0.2, 0.25) is 11.8 Å². The maximum Gasteiger partial charge on any atom is 0.409 e. The predicted octanol–water partition coefficient (Wildman–Crippen LogP) is 1.45. The zero-order valence-corrected chi connectivity index (χ0v) is 27.4. The zero-order valence-electron chi connectivity index (χ0n) is 27.4.